The van der Waals surface area contributed by atoms with Crippen molar-refractivity contribution in [2.75, 3.05) is 14.2 Å². The lowest BCUT2D eigenvalue weighted by atomic mass is 10.0. The maximum atomic E-state index is 10.1. The Morgan fingerprint density at radius 2 is 1.56 bits per heavy atom. The Hall–Kier alpha value is -4.27. The highest BCUT2D eigenvalue weighted by atomic mass is 35.5. The van der Waals surface area contributed by atoms with E-state index in [1.54, 1.807) is 14.2 Å². The lowest BCUT2D eigenvalue weighted by Crippen LogP contribution is -1.99. The molecule has 5 rings (SSSR count). The standard InChI is InChI=1S/C28H20ClN3O2/c1-33-21-13-20(14-22(16-21)34-2)27-15-19(12-11-18-7-3-4-8-24(18)29)23(17-30)28-31-25-9-5-6-10-26(25)32(27)28/h3-16H,1-2H3. The predicted octanol–water partition coefficient (Wildman–Crippen LogP) is 6.87. The Morgan fingerprint density at radius 1 is 0.882 bits per heavy atom. The van der Waals surface area contributed by atoms with Crippen LogP contribution in [0, 0.1) is 11.3 Å². The number of rotatable bonds is 5. The zero-order chi connectivity index (χ0) is 23.7. The van der Waals surface area contributed by atoms with Crippen LogP contribution in [0.4, 0.5) is 0 Å². The van der Waals surface area contributed by atoms with E-state index in [9.17, 15) is 5.26 Å². The second-order valence-corrected chi connectivity index (χ2v) is 8.09. The highest BCUT2D eigenvalue weighted by molar-refractivity contribution is 6.32. The van der Waals surface area contributed by atoms with Gasteiger partial charge >= 0.3 is 0 Å². The van der Waals surface area contributed by atoms with Gasteiger partial charge in [0.1, 0.15) is 23.1 Å². The molecule has 0 unspecified atom stereocenters. The number of hydrogen-bond acceptors (Lipinski definition) is 4. The van der Waals surface area contributed by atoms with Gasteiger partial charge in [-0.15, -0.1) is 0 Å². The van der Waals surface area contributed by atoms with Gasteiger partial charge in [0.05, 0.1) is 30.9 Å². The summed E-state index contributed by atoms with van der Waals surface area (Å²) in [5.74, 6) is 1.34. The van der Waals surface area contributed by atoms with Gasteiger partial charge < -0.3 is 9.47 Å². The van der Waals surface area contributed by atoms with Crippen LogP contribution in [0.3, 0.4) is 0 Å². The van der Waals surface area contributed by atoms with Gasteiger partial charge in [-0.3, -0.25) is 4.40 Å². The first-order valence-corrected chi connectivity index (χ1v) is 11.0. The fraction of sp³-hybridized carbons (Fsp3) is 0.0714. The van der Waals surface area contributed by atoms with E-state index < -0.39 is 0 Å². The highest BCUT2D eigenvalue weighted by Gasteiger charge is 2.18. The number of benzene rings is 3. The van der Waals surface area contributed by atoms with Crippen molar-refractivity contribution in [3.05, 3.63) is 94.5 Å². The summed E-state index contributed by atoms with van der Waals surface area (Å²) in [6.45, 7) is 0. The fourth-order valence-electron chi connectivity index (χ4n) is 4.05. The molecule has 166 valence electrons. The fourth-order valence-corrected chi connectivity index (χ4v) is 4.25. The molecule has 0 saturated carbocycles. The van der Waals surface area contributed by atoms with Crippen LogP contribution in [0.2, 0.25) is 5.02 Å². The van der Waals surface area contributed by atoms with Gasteiger partial charge in [-0.1, -0.05) is 54.1 Å². The van der Waals surface area contributed by atoms with Crippen LogP contribution in [0.1, 0.15) is 16.7 Å². The molecule has 0 saturated heterocycles. The third kappa shape index (κ3) is 3.75. The monoisotopic (exact) mass is 465 g/mol. The van der Waals surface area contributed by atoms with E-state index in [4.69, 9.17) is 26.1 Å². The SMILES string of the molecule is COc1cc(OC)cc(-c2cc(C=Cc3ccccc3Cl)c(C#N)c3nc4ccccc4n23)c1. The number of hydrogen-bond donors (Lipinski definition) is 0. The van der Waals surface area contributed by atoms with E-state index >= 15 is 0 Å². The molecule has 0 amide bonds. The Bertz CT molecular complexity index is 1590. The molecule has 0 spiro atoms. The molecule has 2 heterocycles. The minimum Gasteiger partial charge on any atom is -0.497 e. The van der Waals surface area contributed by atoms with E-state index in [0.717, 1.165) is 33.4 Å². The predicted molar refractivity (Wildman–Crippen MR) is 136 cm³/mol. The molecule has 2 aromatic heterocycles. The largest absolute Gasteiger partial charge is 0.497 e. The van der Waals surface area contributed by atoms with Crippen molar-refractivity contribution in [2.24, 2.45) is 0 Å². The summed E-state index contributed by atoms with van der Waals surface area (Å²) in [4.78, 5) is 4.81. The van der Waals surface area contributed by atoms with Crippen LogP contribution in [0.15, 0.2) is 72.8 Å². The minimum atomic E-state index is 0.484. The number of ether oxygens (including phenoxy) is 2. The van der Waals surface area contributed by atoms with Crippen molar-refractivity contribution in [1.82, 2.24) is 9.38 Å². The van der Waals surface area contributed by atoms with Gasteiger partial charge in [-0.25, -0.2) is 4.98 Å². The molecule has 0 bridgehead atoms. The number of fused-ring (bicyclic) bond motifs is 3. The highest BCUT2D eigenvalue weighted by Crippen LogP contribution is 2.35. The maximum absolute atomic E-state index is 10.1. The molecular weight excluding hydrogens is 446 g/mol. The number of imidazole rings is 1. The van der Waals surface area contributed by atoms with Crippen LogP contribution < -0.4 is 9.47 Å². The first-order chi connectivity index (χ1) is 16.6. The number of para-hydroxylation sites is 2. The van der Waals surface area contributed by atoms with Crippen molar-refractivity contribution in [3.8, 4) is 28.8 Å². The number of nitriles is 1. The normalized spacial score (nSPS) is 11.2. The van der Waals surface area contributed by atoms with Crippen molar-refractivity contribution < 1.29 is 9.47 Å². The average Bonchev–Trinajstić information content (AvgIpc) is 3.26. The molecule has 5 nitrogen and oxygen atoms in total. The van der Waals surface area contributed by atoms with Gasteiger partial charge in [0, 0.05) is 16.7 Å². The van der Waals surface area contributed by atoms with Crippen molar-refractivity contribution in [2.45, 2.75) is 0 Å². The second-order valence-electron chi connectivity index (χ2n) is 7.69. The topological polar surface area (TPSA) is 59.5 Å². The number of pyridine rings is 1. The molecule has 3 aromatic carbocycles. The first kappa shape index (κ1) is 21.6. The van der Waals surface area contributed by atoms with Crippen LogP contribution in [0.5, 0.6) is 11.5 Å². The zero-order valence-electron chi connectivity index (χ0n) is 18.6. The van der Waals surface area contributed by atoms with Crippen molar-refractivity contribution in [1.29, 1.82) is 5.26 Å². The van der Waals surface area contributed by atoms with Crippen LogP contribution >= 0.6 is 11.6 Å². The maximum Gasteiger partial charge on any atom is 0.157 e. The molecule has 5 aromatic rings. The second kappa shape index (κ2) is 8.93. The van der Waals surface area contributed by atoms with E-state index in [0.29, 0.717) is 27.7 Å². The average molecular weight is 466 g/mol. The van der Waals surface area contributed by atoms with Gasteiger partial charge in [-0.2, -0.15) is 5.26 Å². The van der Waals surface area contributed by atoms with E-state index in [-0.39, 0.29) is 0 Å². The summed E-state index contributed by atoms with van der Waals surface area (Å²) in [7, 11) is 3.24. The van der Waals surface area contributed by atoms with Crippen molar-refractivity contribution >= 4 is 40.4 Å². The summed E-state index contributed by atoms with van der Waals surface area (Å²) >= 11 is 6.35. The summed E-state index contributed by atoms with van der Waals surface area (Å²) in [6, 6.07) is 25.5. The molecule has 0 atom stereocenters. The number of methoxy groups -OCH3 is 2. The van der Waals surface area contributed by atoms with Gasteiger partial charge in [0.25, 0.3) is 0 Å². The Morgan fingerprint density at radius 3 is 2.26 bits per heavy atom. The third-order valence-corrected chi connectivity index (χ3v) is 6.06. The van der Waals surface area contributed by atoms with E-state index in [1.165, 1.54) is 0 Å². The molecule has 0 aliphatic rings. The molecule has 0 radical (unpaired) electrons. The van der Waals surface area contributed by atoms with Crippen molar-refractivity contribution in [3.63, 3.8) is 0 Å². The molecule has 6 heteroatoms. The van der Waals surface area contributed by atoms with Crippen LogP contribution in [0.25, 0.3) is 40.1 Å². The summed E-state index contributed by atoms with van der Waals surface area (Å²) in [5, 5.41) is 10.8. The number of halogens is 1. The summed E-state index contributed by atoms with van der Waals surface area (Å²) in [5.41, 5.74) is 6.13. The van der Waals surface area contributed by atoms with Crippen LogP contribution in [-0.2, 0) is 0 Å². The van der Waals surface area contributed by atoms with Gasteiger partial charge in [-0.05, 0) is 47.5 Å². The van der Waals surface area contributed by atoms with Gasteiger partial charge in [0.15, 0.2) is 5.65 Å². The molecule has 0 N–H and O–H groups in total. The summed E-state index contributed by atoms with van der Waals surface area (Å²) in [6.07, 6.45) is 3.81. The lowest BCUT2D eigenvalue weighted by molar-refractivity contribution is 0.394. The Labute approximate surface area is 202 Å². The zero-order valence-corrected chi connectivity index (χ0v) is 19.4. The van der Waals surface area contributed by atoms with E-state index in [1.807, 2.05) is 89.3 Å². The van der Waals surface area contributed by atoms with Gasteiger partial charge in [0.2, 0.25) is 0 Å². The Kier molecular flexibility index (Phi) is 5.67. The lowest BCUT2D eigenvalue weighted by Gasteiger charge is -2.13. The number of nitrogens with zero attached hydrogens (tertiary/aromatic N) is 3. The smallest absolute Gasteiger partial charge is 0.157 e. The van der Waals surface area contributed by atoms with E-state index in [2.05, 4.69) is 6.07 Å². The molecule has 0 aliphatic carbocycles. The Balaban J connectivity index is 1.84. The molecule has 0 aliphatic heterocycles. The minimum absolute atomic E-state index is 0.484. The quantitative estimate of drug-likeness (QED) is 0.284. The van der Waals surface area contributed by atoms with Crippen LogP contribution in [-0.4, -0.2) is 23.6 Å². The first-order valence-electron chi connectivity index (χ1n) is 10.6. The molecular formula is C28H20ClN3O2. The number of aromatic nitrogens is 2. The molecule has 0 fully saturated rings. The molecule has 34 heavy (non-hydrogen) atoms. The summed E-state index contributed by atoms with van der Waals surface area (Å²) < 4.78 is 13.0. The third-order valence-electron chi connectivity index (χ3n) is 5.71.